The number of anilines is 1. The minimum Gasteiger partial charge on any atom is -0.382 e. The molecule has 124 valence electrons. The van der Waals surface area contributed by atoms with Crippen LogP contribution in [0.5, 0.6) is 0 Å². The number of hydrogen-bond donors (Lipinski definition) is 1. The van der Waals surface area contributed by atoms with Gasteiger partial charge in [0.15, 0.2) is 6.10 Å². The van der Waals surface area contributed by atoms with Crippen LogP contribution in [0.3, 0.4) is 0 Å². The third-order valence-electron chi connectivity index (χ3n) is 3.21. The molecular formula is C16H14F5NO. The molecule has 0 aliphatic heterocycles. The maximum atomic E-state index is 13.3. The van der Waals surface area contributed by atoms with Gasteiger partial charge in [0.2, 0.25) is 0 Å². The molecule has 0 aliphatic carbocycles. The average Bonchev–Trinajstić information content (AvgIpc) is 2.45. The summed E-state index contributed by atoms with van der Waals surface area (Å²) in [5.41, 5.74) is 0.571. The van der Waals surface area contributed by atoms with Crippen LogP contribution < -0.4 is 4.90 Å². The van der Waals surface area contributed by atoms with Crippen molar-refractivity contribution in [2.24, 2.45) is 0 Å². The fraction of sp³-hybridized carbons (Fsp3) is 0.250. The van der Waals surface area contributed by atoms with E-state index in [1.807, 2.05) is 0 Å². The van der Waals surface area contributed by atoms with Gasteiger partial charge in [0, 0.05) is 12.2 Å². The van der Waals surface area contributed by atoms with Crippen LogP contribution in [0.1, 0.15) is 5.56 Å². The summed E-state index contributed by atoms with van der Waals surface area (Å²) in [5.74, 6) is -1.15. The van der Waals surface area contributed by atoms with Crippen LogP contribution in [0.15, 0.2) is 48.5 Å². The molecule has 0 amide bonds. The van der Waals surface area contributed by atoms with Gasteiger partial charge in [0.1, 0.15) is 11.6 Å². The highest BCUT2D eigenvalue weighted by Gasteiger charge is 2.39. The predicted molar refractivity (Wildman–Crippen MR) is 75.9 cm³/mol. The topological polar surface area (TPSA) is 23.5 Å². The molecule has 0 spiro atoms. The van der Waals surface area contributed by atoms with Crippen molar-refractivity contribution in [3.63, 3.8) is 0 Å². The van der Waals surface area contributed by atoms with Crippen molar-refractivity contribution in [2.45, 2.75) is 18.8 Å². The van der Waals surface area contributed by atoms with E-state index in [1.165, 1.54) is 36.4 Å². The summed E-state index contributed by atoms with van der Waals surface area (Å²) in [6.45, 7) is -0.891. The molecule has 0 bridgehead atoms. The summed E-state index contributed by atoms with van der Waals surface area (Å²) in [7, 11) is 0. The monoisotopic (exact) mass is 331 g/mol. The molecule has 0 aromatic heterocycles. The van der Waals surface area contributed by atoms with Crippen molar-refractivity contribution in [2.75, 3.05) is 11.4 Å². The third-order valence-corrected chi connectivity index (χ3v) is 3.21. The predicted octanol–water partition coefficient (Wildman–Crippen LogP) is 3.89. The third kappa shape index (κ3) is 4.92. The molecule has 0 saturated heterocycles. The second-order valence-electron chi connectivity index (χ2n) is 5.05. The van der Waals surface area contributed by atoms with E-state index in [4.69, 9.17) is 0 Å². The van der Waals surface area contributed by atoms with Crippen molar-refractivity contribution in [3.8, 4) is 0 Å². The van der Waals surface area contributed by atoms with E-state index in [1.54, 1.807) is 0 Å². The van der Waals surface area contributed by atoms with Gasteiger partial charge in [0.05, 0.1) is 6.54 Å². The zero-order valence-corrected chi connectivity index (χ0v) is 11.9. The fourth-order valence-corrected chi connectivity index (χ4v) is 2.10. The van der Waals surface area contributed by atoms with Gasteiger partial charge in [-0.1, -0.05) is 18.2 Å². The van der Waals surface area contributed by atoms with Gasteiger partial charge in [-0.3, -0.25) is 0 Å². The molecule has 0 aliphatic rings. The van der Waals surface area contributed by atoms with Gasteiger partial charge < -0.3 is 10.0 Å². The zero-order chi connectivity index (χ0) is 17.0. The van der Waals surface area contributed by atoms with Crippen LogP contribution in [-0.4, -0.2) is 23.9 Å². The van der Waals surface area contributed by atoms with E-state index < -0.39 is 30.5 Å². The number of aliphatic hydroxyl groups is 1. The standard InChI is InChI=1S/C16H14F5NO/c17-12-4-1-3-11(7-12)9-22(10-15(23)16(19,20)21)14-6-2-5-13(18)8-14/h1-8,15,23H,9-10H2. The first kappa shape index (κ1) is 17.2. The number of aliphatic hydroxyl groups excluding tert-OH is 1. The lowest BCUT2D eigenvalue weighted by Crippen LogP contribution is -2.40. The Morgan fingerprint density at radius 1 is 0.957 bits per heavy atom. The van der Waals surface area contributed by atoms with Crippen molar-refractivity contribution < 1.29 is 27.1 Å². The highest BCUT2D eigenvalue weighted by molar-refractivity contribution is 5.47. The molecule has 0 saturated carbocycles. The van der Waals surface area contributed by atoms with Gasteiger partial charge in [-0.15, -0.1) is 0 Å². The SMILES string of the molecule is OC(CN(Cc1cccc(F)c1)c1cccc(F)c1)C(F)(F)F. The average molecular weight is 331 g/mol. The molecular weight excluding hydrogens is 317 g/mol. The quantitative estimate of drug-likeness (QED) is 0.840. The first-order valence-electron chi connectivity index (χ1n) is 6.75. The van der Waals surface area contributed by atoms with Gasteiger partial charge in [-0.05, 0) is 35.9 Å². The Hall–Kier alpha value is -2.15. The Morgan fingerprint density at radius 3 is 2.13 bits per heavy atom. The molecule has 7 heteroatoms. The van der Waals surface area contributed by atoms with E-state index in [0.29, 0.717) is 5.56 Å². The molecule has 2 aromatic carbocycles. The molecule has 2 aromatic rings. The van der Waals surface area contributed by atoms with Crippen molar-refractivity contribution in [1.82, 2.24) is 0 Å². The van der Waals surface area contributed by atoms with E-state index >= 15 is 0 Å². The molecule has 0 fully saturated rings. The lowest BCUT2D eigenvalue weighted by molar-refractivity contribution is -0.200. The minimum absolute atomic E-state index is 0.103. The number of rotatable bonds is 5. The summed E-state index contributed by atoms with van der Waals surface area (Å²) >= 11 is 0. The summed E-state index contributed by atoms with van der Waals surface area (Å²) < 4.78 is 64.3. The van der Waals surface area contributed by atoms with Crippen LogP contribution in [0.4, 0.5) is 27.6 Å². The molecule has 1 N–H and O–H groups in total. The molecule has 2 nitrogen and oxygen atoms in total. The zero-order valence-electron chi connectivity index (χ0n) is 11.9. The van der Waals surface area contributed by atoms with Crippen LogP contribution in [0, 0.1) is 11.6 Å². The Labute approximate surface area is 129 Å². The highest BCUT2D eigenvalue weighted by Crippen LogP contribution is 2.25. The summed E-state index contributed by atoms with van der Waals surface area (Å²) in [6, 6.07) is 10.3. The van der Waals surface area contributed by atoms with Crippen LogP contribution >= 0.6 is 0 Å². The smallest absolute Gasteiger partial charge is 0.382 e. The maximum Gasteiger partial charge on any atom is 0.416 e. The van der Waals surface area contributed by atoms with Gasteiger partial charge >= 0.3 is 6.18 Å². The second-order valence-corrected chi connectivity index (χ2v) is 5.05. The molecule has 0 radical (unpaired) electrons. The van der Waals surface area contributed by atoms with Gasteiger partial charge in [0.25, 0.3) is 0 Å². The van der Waals surface area contributed by atoms with Crippen LogP contribution in [-0.2, 0) is 6.54 Å². The van der Waals surface area contributed by atoms with E-state index in [2.05, 4.69) is 0 Å². The number of benzene rings is 2. The number of nitrogens with zero attached hydrogens (tertiary/aromatic N) is 1. The van der Waals surface area contributed by atoms with Crippen molar-refractivity contribution >= 4 is 5.69 Å². The molecule has 2 rings (SSSR count). The summed E-state index contributed by atoms with van der Waals surface area (Å²) in [6.07, 6.45) is -7.40. The second kappa shape index (κ2) is 6.95. The van der Waals surface area contributed by atoms with Gasteiger partial charge in [-0.25, -0.2) is 8.78 Å². The summed E-state index contributed by atoms with van der Waals surface area (Å²) in [4.78, 5) is 1.15. The molecule has 1 unspecified atom stereocenters. The van der Waals surface area contributed by atoms with Crippen molar-refractivity contribution in [1.29, 1.82) is 0 Å². The normalized spacial score (nSPS) is 13.0. The minimum atomic E-state index is -4.80. The Bertz CT molecular complexity index is 659. The highest BCUT2D eigenvalue weighted by atomic mass is 19.4. The number of alkyl halides is 3. The van der Waals surface area contributed by atoms with Crippen LogP contribution in [0.2, 0.25) is 0 Å². The first-order valence-corrected chi connectivity index (χ1v) is 6.75. The Kier molecular flexibility index (Phi) is 5.20. The maximum absolute atomic E-state index is 13.3. The van der Waals surface area contributed by atoms with Gasteiger partial charge in [-0.2, -0.15) is 13.2 Å². The van der Waals surface area contributed by atoms with Crippen LogP contribution in [0.25, 0.3) is 0 Å². The number of halogens is 5. The largest absolute Gasteiger partial charge is 0.416 e. The Morgan fingerprint density at radius 2 is 1.57 bits per heavy atom. The van der Waals surface area contributed by atoms with E-state index in [0.717, 1.165) is 17.0 Å². The summed E-state index contributed by atoms with van der Waals surface area (Å²) in [5, 5.41) is 9.28. The fourth-order valence-electron chi connectivity index (χ4n) is 2.10. The molecule has 1 atom stereocenters. The lowest BCUT2D eigenvalue weighted by Gasteiger charge is -2.28. The lowest BCUT2D eigenvalue weighted by atomic mass is 10.1. The van der Waals surface area contributed by atoms with Crippen molar-refractivity contribution in [3.05, 3.63) is 65.7 Å². The number of hydrogen-bond acceptors (Lipinski definition) is 2. The van der Waals surface area contributed by atoms with E-state index in [-0.39, 0.29) is 12.2 Å². The first-order chi connectivity index (χ1) is 10.8. The van der Waals surface area contributed by atoms with E-state index in [9.17, 15) is 27.1 Å². The molecule has 23 heavy (non-hydrogen) atoms. The Balaban J connectivity index is 2.27. The molecule has 0 heterocycles.